The molecule has 10 heteroatoms. The van der Waals surface area contributed by atoms with Crippen LogP contribution in [0.5, 0.6) is 17.2 Å². The molecule has 0 aliphatic carbocycles. The number of hydrogen-bond acceptors (Lipinski definition) is 9. The Balaban J connectivity index is 1.38. The summed E-state index contributed by atoms with van der Waals surface area (Å²) in [5.74, 6) is 0.430. The number of nitro benzene ring substituents is 1. The minimum Gasteiger partial charge on any atom is -0.507 e. The highest BCUT2D eigenvalue weighted by Crippen LogP contribution is 2.27. The largest absolute Gasteiger partial charge is 0.507 e. The Kier molecular flexibility index (Phi) is 10.1. The minimum atomic E-state index is -0.544. The van der Waals surface area contributed by atoms with Crippen molar-refractivity contribution in [1.82, 2.24) is 0 Å². The second-order valence-electron chi connectivity index (χ2n) is 9.34. The molecule has 0 bridgehead atoms. The Bertz CT molecular complexity index is 1600. The van der Waals surface area contributed by atoms with E-state index in [9.17, 15) is 20.0 Å². The number of rotatable bonds is 12. The summed E-state index contributed by atoms with van der Waals surface area (Å²) in [6, 6.07) is 22.4. The van der Waals surface area contributed by atoms with Gasteiger partial charge in [0.05, 0.1) is 34.2 Å². The molecule has 42 heavy (non-hydrogen) atoms. The number of aromatic hydroxyl groups is 1. The molecule has 0 saturated heterocycles. The first-order valence-electron chi connectivity index (χ1n) is 13.4. The molecule has 4 aromatic rings. The average Bonchev–Trinajstić information content (AvgIpc) is 2.99. The molecule has 0 atom stereocenters. The van der Waals surface area contributed by atoms with Gasteiger partial charge < -0.3 is 14.6 Å². The lowest BCUT2D eigenvalue weighted by Gasteiger charge is -2.09. The van der Waals surface area contributed by atoms with E-state index in [2.05, 4.69) is 22.1 Å². The van der Waals surface area contributed by atoms with Crippen LogP contribution in [0.3, 0.4) is 0 Å². The van der Waals surface area contributed by atoms with Crippen LogP contribution in [0.4, 0.5) is 22.7 Å². The number of azo groups is 1. The van der Waals surface area contributed by atoms with E-state index in [0.717, 1.165) is 19.3 Å². The smallest absolute Gasteiger partial charge is 0.343 e. The summed E-state index contributed by atoms with van der Waals surface area (Å²) in [6.45, 7) is 4.50. The number of esters is 1. The molecular weight excluding hydrogens is 536 g/mol. The second-order valence-corrected chi connectivity index (χ2v) is 9.34. The molecule has 0 unspecified atom stereocenters. The highest BCUT2D eigenvalue weighted by Gasteiger charge is 2.14. The highest BCUT2D eigenvalue weighted by molar-refractivity contribution is 5.94. The minimum absolute atomic E-state index is 0.0272. The summed E-state index contributed by atoms with van der Waals surface area (Å²) in [6.07, 6.45) is 4.70. The first kappa shape index (κ1) is 29.6. The van der Waals surface area contributed by atoms with Gasteiger partial charge in [0.2, 0.25) is 0 Å². The summed E-state index contributed by atoms with van der Waals surface area (Å²) >= 11 is 0. The molecular formula is C32H30N4O6. The van der Waals surface area contributed by atoms with Crippen LogP contribution in [0.1, 0.15) is 47.7 Å². The topological polar surface area (TPSA) is 136 Å². The standard InChI is InChI=1S/C32H30N4O6/c1-3-4-5-19-41-28-16-9-23(31(37)20-28)21-33-30-8-6-7-29(22(30)2)32(38)42-27-17-12-25(13-18-27)35-34-24-10-14-26(15-11-24)36(39)40/h6-18,20-21,37H,3-5,19H2,1-2H3. The number of unbranched alkanes of at least 4 members (excludes halogenated alkanes) is 2. The fourth-order valence-electron chi connectivity index (χ4n) is 3.89. The predicted octanol–water partition coefficient (Wildman–Crippen LogP) is 8.56. The number of phenols is 1. The zero-order valence-corrected chi connectivity index (χ0v) is 23.3. The van der Waals surface area contributed by atoms with E-state index in [-0.39, 0.29) is 11.4 Å². The molecule has 10 nitrogen and oxygen atoms in total. The number of nitrogens with zero attached hydrogens (tertiary/aromatic N) is 4. The maximum Gasteiger partial charge on any atom is 0.343 e. The maximum atomic E-state index is 12.9. The van der Waals surface area contributed by atoms with Crippen LogP contribution in [-0.2, 0) is 0 Å². The van der Waals surface area contributed by atoms with Gasteiger partial charge in [-0.3, -0.25) is 15.1 Å². The molecule has 0 fully saturated rings. The van der Waals surface area contributed by atoms with E-state index in [4.69, 9.17) is 9.47 Å². The van der Waals surface area contributed by atoms with Gasteiger partial charge in [0.1, 0.15) is 17.2 Å². The second kappa shape index (κ2) is 14.3. The van der Waals surface area contributed by atoms with Crippen LogP contribution in [0.25, 0.3) is 0 Å². The number of non-ortho nitro benzene ring substituents is 1. The molecule has 0 amide bonds. The number of carbonyl (C=O) groups is 1. The Labute approximate surface area is 243 Å². The fourth-order valence-corrected chi connectivity index (χ4v) is 3.89. The lowest BCUT2D eigenvalue weighted by Crippen LogP contribution is -2.10. The van der Waals surface area contributed by atoms with Crippen molar-refractivity contribution in [2.24, 2.45) is 15.2 Å². The van der Waals surface area contributed by atoms with Crippen molar-refractivity contribution < 1.29 is 24.3 Å². The predicted molar refractivity (Wildman–Crippen MR) is 160 cm³/mol. The summed E-state index contributed by atoms with van der Waals surface area (Å²) in [5.41, 5.74) is 3.02. The van der Waals surface area contributed by atoms with Crippen molar-refractivity contribution >= 4 is 34.9 Å². The summed E-state index contributed by atoms with van der Waals surface area (Å²) in [5, 5.41) is 29.3. The number of carbonyl (C=O) groups excluding carboxylic acids is 1. The van der Waals surface area contributed by atoms with Crippen LogP contribution in [0, 0.1) is 17.0 Å². The van der Waals surface area contributed by atoms with Gasteiger partial charge in [-0.1, -0.05) is 25.8 Å². The van der Waals surface area contributed by atoms with Crippen LogP contribution in [0.2, 0.25) is 0 Å². The van der Waals surface area contributed by atoms with Crippen molar-refractivity contribution in [1.29, 1.82) is 0 Å². The Morgan fingerprint density at radius 2 is 1.60 bits per heavy atom. The molecule has 0 aliphatic rings. The number of benzene rings is 4. The van der Waals surface area contributed by atoms with Gasteiger partial charge in [-0.05, 0) is 79.6 Å². The number of ether oxygens (including phenoxy) is 2. The van der Waals surface area contributed by atoms with E-state index in [0.29, 0.717) is 51.9 Å². The molecule has 1 N–H and O–H groups in total. The normalized spacial score (nSPS) is 11.2. The molecule has 0 aliphatic heterocycles. The lowest BCUT2D eigenvalue weighted by molar-refractivity contribution is -0.384. The molecule has 0 radical (unpaired) electrons. The average molecular weight is 567 g/mol. The quantitative estimate of drug-likeness (QED) is 0.0347. The molecule has 0 saturated carbocycles. The zero-order valence-electron chi connectivity index (χ0n) is 23.3. The molecule has 0 heterocycles. The SMILES string of the molecule is CCCCCOc1ccc(C=Nc2cccc(C(=O)Oc3ccc(N=Nc4ccc([N+](=O)[O-])cc4)cc3)c2C)c(O)c1. The van der Waals surface area contributed by atoms with Gasteiger partial charge in [0.25, 0.3) is 5.69 Å². The molecule has 0 spiro atoms. The third kappa shape index (κ3) is 8.07. The van der Waals surface area contributed by atoms with E-state index in [1.807, 2.05) is 0 Å². The lowest BCUT2D eigenvalue weighted by atomic mass is 10.1. The van der Waals surface area contributed by atoms with Gasteiger partial charge in [-0.2, -0.15) is 10.2 Å². The number of aliphatic imine (C=N–C) groups is 1. The van der Waals surface area contributed by atoms with Gasteiger partial charge in [-0.15, -0.1) is 0 Å². The van der Waals surface area contributed by atoms with Crippen LogP contribution >= 0.6 is 0 Å². The van der Waals surface area contributed by atoms with Gasteiger partial charge in [-0.25, -0.2) is 4.79 Å². The Morgan fingerprint density at radius 3 is 2.24 bits per heavy atom. The molecule has 4 rings (SSSR count). The number of nitro groups is 1. The van der Waals surface area contributed by atoms with Crippen LogP contribution in [0.15, 0.2) is 100 Å². The van der Waals surface area contributed by atoms with E-state index in [1.54, 1.807) is 67.6 Å². The van der Waals surface area contributed by atoms with Crippen molar-refractivity contribution in [2.75, 3.05) is 6.61 Å². The third-order valence-electron chi connectivity index (χ3n) is 6.28. The summed E-state index contributed by atoms with van der Waals surface area (Å²) in [4.78, 5) is 27.7. The fraction of sp³-hybridized carbons (Fsp3) is 0.188. The monoisotopic (exact) mass is 566 g/mol. The van der Waals surface area contributed by atoms with E-state index in [1.165, 1.54) is 30.5 Å². The number of phenolic OH excluding ortho intramolecular Hbond substituents is 1. The van der Waals surface area contributed by atoms with Crippen molar-refractivity contribution in [3.05, 3.63) is 112 Å². The van der Waals surface area contributed by atoms with Gasteiger partial charge in [0, 0.05) is 30.0 Å². The van der Waals surface area contributed by atoms with Gasteiger partial charge in [0.15, 0.2) is 0 Å². The zero-order chi connectivity index (χ0) is 29.9. The third-order valence-corrected chi connectivity index (χ3v) is 6.28. The van der Waals surface area contributed by atoms with E-state index < -0.39 is 10.9 Å². The molecule has 0 aromatic heterocycles. The molecule has 214 valence electrons. The van der Waals surface area contributed by atoms with E-state index >= 15 is 0 Å². The maximum absolute atomic E-state index is 12.9. The summed E-state index contributed by atoms with van der Waals surface area (Å²) < 4.78 is 11.2. The van der Waals surface area contributed by atoms with Crippen molar-refractivity contribution in [2.45, 2.75) is 33.1 Å². The Hall–Kier alpha value is -5.38. The van der Waals surface area contributed by atoms with Crippen molar-refractivity contribution in [3.63, 3.8) is 0 Å². The van der Waals surface area contributed by atoms with Crippen molar-refractivity contribution in [3.8, 4) is 17.2 Å². The first-order valence-corrected chi connectivity index (χ1v) is 13.4. The summed E-state index contributed by atoms with van der Waals surface area (Å²) in [7, 11) is 0. The highest BCUT2D eigenvalue weighted by atomic mass is 16.6. The number of hydrogen-bond donors (Lipinski definition) is 1. The van der Waals surface area contributed by atoms with Crippen LogP contribution < -0.4 is 9.47 Å². The Morgan fingerprint density at radius 1 is 0.929 bits per heavy atom. The van der Waals surface area contributed by atoms with Gasteiger partial charge >= 0.3 is 5.97 Å². The first-order chi connectivity index (χ1) is 20.3. The molecule has 4 aromatic carbocycles. The van der Waals surface area contributed by atoms with Crippen LogP contribution in [-0.4, -0.2) is 28.8 Å².